The molecule has 1 aromatic carbocycles. The molecule has 0 heterocycles. The lowest BCUT2D eigenvalue weighted by atomic mass is 9.97. The summed E-state index contributed by atoms with van der Waals surface area (Å²) < 4.78 is 15.3. The first-order chi connectivity index (χ1) is 11.0. The number of carbonyl (C=O) groups excluding carboxylic acids is 1. The van der Waals surface area contributed by atoms with Crippen LogP contribution in [0.4, 0.5) is 0 Å². The summed E-state index contributed by atoms with van der Waals surface area (Å²) in [6, 6.07) is 8.54. The average molecular weight is 322 g/mol. The van der Waals surface area contributed by atoms with E-state index in [2.05, 4.69) is 13.2 Å². The van der Waals surface area contributed by atoms with Crippen LogP contribution in [-0.2, 0) is 19.0 Å². The predicted molar refractivity (Wildman–Crippen MR) is 84.4 cm³/mol. The number of aliphatic hydroxyl groups excluding tert-OH is 2. The molecule has 4 atom stereocenters. The molecule has 0 saturated carbocycles. The van der Waals surface area contributed by atoms with Gasteiger partial charge in [-0.1, -0.05) is 43.0 Å². The summed E-state index contributed by atoms with van der Waals surface area (Å²) in [6.45, 7) is 6.82. The topological polar surface area (TPSA) is 85.2 Å². The quantitative estimate of drug-likeness (QED) is 0.293. The molecule has 1 aromatic rings. The van der Waals surface area contributed by atoms with Gasteiger partial charge in [0.1, 0.15) is 25.1 Å². The first-order valence-electron chi connectivity index (χ1n) is 7.02. The van der Waals surface area contributed by atoms with Gasteiger partial charge in [-0.25, -0.2) is 4.79 Å². The van der Waals surface area contributed by atoms with Crippen molar-refractivity contribution in [2.75, 3.05) is 13.9 Å². The second kappa shape index (κ2) is 9.91. The summed E-state index contributed by atoms with van der Waals surface area (Å²) in [6.07, 6.45) is -2.42. The van der Waals surface area contributed by atoms with Gasteiger partial charge in [-0.05, 0) is 5.56 Å². The Kier molecular flexibility index (Phi) is 8.21. The smallest absolute Gasteiger partial charge is 0.330 e. The molecule has 2 N–H and O–H groups in total. The minimum Gasteiger partial charge on any atom is -0.453 e. The zero-order valence-corrected chi connectivity index (χ0v) is 13.0. The molecular weight excluding hydrogens is 300 g/mol. The lowest BCUT2D eigenvalue weighted by molar-refractivity contribution is -0.176. The molecule has 23 heavy (non-hydrogen) atoms. The maximum Gasteiger partial charge on any atom is 0.330 e. The molecule has 0 radical (unpaired) electrons. The summed E-state index contributed by atoms with van der Waals surface area (Å²) >= 11 is 0. The van der Waals surface area contributed by atoms with Crippen molar-refractivity contribution in [1.29, 1.82) is 0 Å². The lowest BCUT2D eigenvalue weighted by Crippen LogP contribution is -2.44. The highest BCUT2D eigenvalue weighted by molar-refractivity contribution is 5.81. The van der Waals surface area contributed by atoms with Gasteiger partial charge in [0.2, 0.25) is 0 Å². The van der Waals surface area contributed by atoms with Crippen molar-refractivity contribution >= 4 is 5.97 Å². The van der Waals surface area contributed by atoms with Crippen molar-refractivity contribution in [1.82, 2.24) is 0 Å². The third-order valence-electron chi connectivity index (χ3n) is 3.15. The Morgan fingerprint density at radius 1 is 1.26 bits per heavy atom. The average Bonchev–Trinajstić information content (AvgIpc) is 2.60. The fraction of sp³-hybridized carbons (Fsp3) is 0.353. The fourth-order valence-corrected chi connectivity index (χ4v) is 1.98. The maximum absolute atomic E-state index is 11.5. The Hall–Kier alpha value is -1.99. The summed E-state index contributed by atoms with van der Waals surface area (Å²) in [5.41, 5.74) is 0.481. The molecule has 0 unspecified atom stereocenters. The van der Waals surface area contributed by atoms with Crippen LogP contribution in [0.5, 0.6) is 0 Å². The van der Waals surface area contributed by atoms with Crippen molar-refractivity contribution in [3.63, 3.8) is 0 Å². The van der Waals surface area contributed by atoms with Crippen LogP contribution in [-0.4, -0.2) is 48.4 Å². The van der Waals surface area contributed by atoms with Gasteiger partial charge in [0.15, 0.2) is 6.10 Å². The van der Waals surface area contributed by atoms with E-state index in [0.29, 0.717) is 5.56 Å². The van der Waals surface area contributed by atoms with E-state index in [9.17, 15) is 15.0 Å². The predicted octanol–water partition coefficient (Wildman–Crippen LogP) is 1.35. The monoisotopic (exact) mass is 322 g/mol. The highest BCUT2D eigenvalue weighted by Crippen LogP contribution is 2.23. The number of hydrogen-bond acceptors (Lipinski definition) is 6. The minimum absolute atomic E-state index is 0.0903. The van der Waals surface area contributed by atoms with E-state index in [4.69, 9.17) is 14.2 Å². The molecule has 0 aliphatic rings. The van der Waals surface area contributed by atoms with Gasteiger partial charge in [-0.3, -0.25) is 0 Å². The molecule has 0 aliphatic heterocycles. The van der Waals surface area contributed by atoms with Crippen molar-refractivity contribution in [3.8, 4) is 0 Å². The van der Waals surface area contributed by atoms with Crippen LogP contribution in [0.3, 0.4) is 0 Å². The van der Waals surface area contributed by atoms with Crippen LogP contribution in [0.15, 0.2) is 55.6 Å². The number of aliphatic hydroxyl groups is 2. The molecule has 0 spiro atoms. The Balaban J connectivity index is 2.98. The van der Waals surface area contributed by atoms with Gasteiger partial charge in [-0.15, -0.1) is 6.58 Å². The van der Waals surface area contributed by atoms with E-state index < -0.39 is 30.4 Å². The molecular formula is C17H22O6. The largest absolute Gasteiger partial charge is 0.453 e. The summed E-state index contributed by atoms with van der Waals surface area (Å²) in [5.74, 6) is -0.748. The van der Waals surface area contributed by atoms with Crippen molar-refractivity contribution < 1.29 is 29.2 Å². The lowest BCUT2D eigenvalue weighted by Gasteiger charge is -2.31. The maximum atomic E-state index is 11.5. The molecule has 6 nitrogen and oxygen atoms in total. The Morgan fingerprint density at radius 3 is 2.43 bits per heavy atom. The number of benzene rings is 1. The zero-order valence-electron chi connectivity index (χ0n) is 13.0. The van der Waals surface area contributed by atoms with E-state index in [-0.39, 0.29) is 6.79 Å². The molecule has 0 amide bonds. The summed E-state index contributed by atoms with van der Waals surface area (Å²) in [7, 11) is 1.43. The molecule has 6 heteroatoms. The third kappa shape index (κ3) is 5.61. The van der Waals surface area contributed by atoms with E-state index in [1.807, 2.05) is 0 Å². The van der Waals surface area contributed by atoms with Crippen molar-refractivity contribution in [2.45, 2.75) is 24.4 Å². The second-order valence-corrected chi connectivity index (χ2v) is 4.73. The number of ether oxygens (including phenoxy) is 3. The normalized spacial score (nSPS) is 16.0. The van der Waals surface area contributed by atoms with Gasteiger partial charge in [0, 0.05) is 13.2 Å². The first-order valence-corrected chi connectivity index (χ1v) is 7.02. The molecule has 0 aliphatic carbocycles. The Bertz CT molecular complexity index is 501. The molecule has 0 fully saturated rings. The van der Waals surface area contributed by atoms with Crippen LogP contribution in [0.1, 0.15) is 11.7 Å². The van der Waals surface area contributed by atoms with E-state index in [1.54, 1.807) is 30.3 Å². The molecule has 126 valence electrons. The molecule has 0 aromatic heterocycles. The van der Waals surface area contributed by atoms with Crippen LogP contribution >= 0.6 is 0 Å². The van der Waals surface area contributed by atoms with Gasteiger partial charge >= 0.3 is 5.97 Å². The minimum atomic E-state index is -1.43. The number of esters is 1. The number of hydrogen-bond donors (Lipinski definition) is 2. The standard InChI is InChI=1S/C17H22O6/c1-4-13(22-11-21-3)17(23-14(18)5-2)16(20)15(19)12-9-7-6-8-10-12/h4-10,13,15-17,19-20H,1-2,11H2,3H3/t13-,15-,16+,17+/m0/s1. The highest BCUT2D eigenvalue weighted by atomic mass is 16.7. The van der Waals surface area contributed by atoms with Gasteiger partial charge in [-0.2, -0.15) is 0 Å². The van der Waals surface area contributed by atoms with Gasteiger partial charge in [0.05, 0.1) is 0 Å². The van der Waals surface area contributed by atoms with Crippen LogP contribution < -0.4 is 0 Å². The summed E-state index contributed by atoms with van der Waals surface area (Å²) in [4.78, 5) is 11.5. The van der Waals surface area contributed by atoms with Gasteiger partial charge in [0.25, 0.3) is 0 Å². The van der Waals surface area contributed by atoms with E-state index in [1.165, 1.54) is 13.2 Å². The second-order valence-electron chi connectivity index (χ2n) is 4.73. The van der Waals surface area contributed by atoms with E-state index in [0.717, 1.165) is 6.08 Å². The SMILES string of the molecule is C=CC(=O)O[C@@H]([C@H](O)[C@@H](O)c1ccccc1)[C@H](C=C)OCOC. The number of methoxy groups -OCH3 is 1. The Morgan fingerprint density at radius 2 is 1.91 bits per heavy atom. The molecule has 1 rings (SSSR count). The van der Waals surface area contributed by atoms with Crippen LogP contribution in [0.2, 0.25) is 0 Å². The molecule has 0 saturated heterocycles. The Labute approximate surface area is 135 Å². The van der Waals surface area contributed by atoms with Gasteiger partial charge < -0.3 is 24.4 Å². The van der Waals surface area contributed by atoms with Crippen LogP contribution in [0, 0.1) is 0 Å². The molecule has 0 bridgehead atoms. The third-order valence-corrected chi connectivity index (χ3v) is 3.15. The van der Waals surface area contributed by atoms with Crippen LogP contribution in [0.25, 0.3) is 0 Å². The zero-order chi connectivity index (χ0) is 17.2. The highest BCUT2D eigenvalue weighted by Gasteiger charge is 2.35. The summed E-state index contributed by atoms with van der Waals surface area (Å²) in [5, 5.41) is 20.8. The number of carbonyl (C=O) groups is 1. The fourth-order valence-electron chi connectivity index (χ4n) is 1.98. The van der Waals surface area contributed by atoms with Crippen molar-refractivity contribution in [3.05, 3.63) is 61.2 Å². The van der Waals surface area contributed by atoms with E-state index >= 15 is 0 Å². The number of rotatable bonds is 10. The van der Waals surface area contributed by atoms with Crippen molar-refractivity contribution in [2.24, 2.45) is 0 Å². The first kappa shape index (κ1) is 19.1.